The number of carbonyl (C=O) groups is 1. The number of hydrogen-bond donors (Lipinski definition) is 2. The molecule has 140 valence electrons. The van der Waals surface area contributed by atoms with E-state index in [-0.39, 0.29) is 11.9 Å². The molecule has 0 radical (unpaired) electrons. The molecule has 28 heavy (non-hydrogen) atoms. The molecule has 9 heteroatoms. The third-order valence-corrected chi connectivity index (χ3v) is 4.32. The molecule has 0 aliphatic rings. The van der Waals surface area contributed by atoms with E-state index in [2.05, 4.69) is 31.3 Å². The van der Waals surface area contributed by atoms with E-state index in [1.54, 1.807) is 44.0 Å². The van der Waals surface area contributed by atoms with E-state index in [1.807, 2.05) is 11.3 Å². The molecule has 0 spiro atoms. The van der Waals surface area contributed by atoms with Crippen LogP contribution in [0.25, 0.3) is 28.2 Å². The van der Waals surface area contributed by atoms with Crippen molar-refractivity contribution in [3.8, 4) is 17.5 Å². The fourth-order valence-electron chi connectivity index (χ4n) is 3.02. The predicted molar refractivity (Wildman–Crippen MR) is 102 cm³/mol. The summed E-state index contributed by atoms with van der Waals surface area (Å²) < 4.78 is 6.88. The van der Waals surface area contributed by atoms with Crippen molar-refractivity contribution in [2.24, 2.45) is 0 Å². The number of nitriles is 1. The van der Waals surface area contributed by atoms with E-state index < -0.39 is 0 Å². The summed E-state index contributed by atoms with van der Waals surface area (Å²) in [6.45, 7) is 2.28. The molecule has 4 aromatic rings. The zero-order valence-corrected chi connectivity index (χ0v) is 15.3. The van der Waals surface area contributed by atoms with Crippen LogP contribution in [0.4, 0.5) is 0 Å². The zero-order valence-electron chi connectivity index (χ0n) is 15.3. The van der Waals surface area contributed by atoms with Crippen molar-refractivity contribution >= 4 is 22.7 Å². The van der Waals surface area contributed by atoms with Gasteiger partial charge < -0.3 is 15.0 Å². The molecule has 0 aromatic carbocycles. The number of amides is 1. The van der Waals surface area contributed by atoms with Gasteiger partial charge in [-0.2, -0.15) is 5.26 Å². The summed E-state index contributed by atoms with van der Waals surface area (Å²) in [4.78, 5) is 28.9. The highest BCUT2D eigenvalue weighted by Gasteiger charge is 2.18. The molecule has 1 amide bonds. The molecule has 0 aliphatic heterocycles. The number of nitrogens with one attached hydrogen (secondary N) is 2. The lowest BCUT2D eigenvalue weighted by Gasteiger charge is -2.11. The Morgan fingerprint density at radius 3 is 3.07 bits per heavy atom. The second-order valence-corrected chi connectivity index (χ2v) is 6.38. The van der Waals surface area contributed by atoms with Gasteiger partial charge in [-0.15, -0.1) is 0 Å². The van der Waals surface area contributed by atoms with E-state index in [9.17, 15) is 4.79 Å². The van der Waals surface area contributed by atoms with E-state index in [0.29, 0.717) is 45.9 Å². The van der Waals surface area contributed by atoms with Crippen molar-refractivity contribution < 1.29 is 9.53 Å². The lowest BCUT2D eigenvalue weighted by Crippen LogP contribution is -2.35. The van der Waals surface area contributed by atoms with Crippen molar-refractivity contribution in [2.75, 3.05) is 13.7 Å². The van der Waals surface area contributed by atoms with Crippen LogP contribution in [0.2, 0.25) is 0 Å². The van der Waals surface area contributed by atoms with Crippen molar-refractivity contribution in [2.45, 2.75) is 13.0 Å². The summed E-state index contributed by atoms with van der Waals surface area (Å²) in [5.74, 6) is -0.251. The van der Waals surface area contributed by atoms with E-state index in [1.165, 1.54) is 0 Å². The Morgan fingerprint density at radius 2 is 2.29 bits per heavy atom. The average Bonchev–Trinajstić information content (AvgIpc) is 3.31. The average molecular weight is 375 g/mol. The molecule has 0 saturated heterocycles. The smallest absolute Gasteiger partial charge is 0.255 e. The molecular weight excluding hydrogens is 358 g/mol. The first-order valence-electron chi connectivity index (χ1n) is 8.62. The van der Waals surface area contributed by atoms with Gasteiger partial charge in [0.25, 0.3) is 5.91 Å². The minimum absolute atomic E-state index is 0.133. The molecular formula is C19H17N7O2. The van der Waals surface area contributed by atoms with Gasteiger partial charge in [0, 0.05) is 25.5 Å². The summed E-state index contributed by atoms with van der Waals surface area (Å²) in [6.07, 6.45) is 6.64. The maximum Gasteiger partial charge on any atom is 0.255 e. The molecule has 1 unspecified atom stereocenters. The van der Waals surface area contributed by atoms with Gasteiger partial charge in [0.15, 0.2) is 5.65 Å². The Hall–Kier alpha value is -3.77. The largest absolute Gasteiger partial charge is 0.383 e. The predicted octanol–water partition coefficient (Wildman–Crippen LogP) is 1.91. The molecule has 4 heterocycles. The van der Waals surface area contributed by atoms with Crippen LogP contribution in [0.5, 0.6) is 0 Å². The first-order valence-corrected chi connectivity index (χ1v) is 8.62. The molecule has 0 aliphatic carbocycles. The third kappa shape index (κ3) is 3.06. The Labute approximate surface area is 160 Å². The van der Waals surface area contributed by atoms with Crippen LogP contribution >= 0.6 is 0 Å². The van der Waals surface area contributed by atoms with Crippen LogP contribution in [-0.2, 0) is 4.74 Å². The SMILES string of the molecule is COCC(C)NC(=O)c1c[nH]c2ncc(-c3cnc4cc(C#N)ccn34)nc12. The van der Waals surface area contributed by atoms with Gasteiger partial charge in [-0.25, -0.2) is 15.0 Å². The Bertz CT molecular complexity index is 1220. The third-order valence-electron chi connectivity index (χ3n) is 4.32. The Morgan fingerprint density at radius 1 is 1.43 bits per heavy atom. The monoisotopic (exact) mass is 375 g/mol. The summed E-state index contributed by atoms with van der Waals surface area (Å²) in [5.41, 5.74) is 3.86. The van der Waals surface area contributed by atoms with Crippen molar-refractivity contribution in [3.05, 3.63) is 48.0 Å². The van der Waals surface area contributed by atoms with Gasteiger partial charge in [-0.3, -0.25) is 9.20 Å². The molecule has 0 bridgehead atoms. The number of methoxy groups -OCH3 is 1. The number of imidazole rings is 1. The Kier molecular flexibility index (Phi) is 4.47. The van der Waals surface area contributed by atoms with Gasteiger partial charge in [-0.05, 0) is 19.1 Å². The fraction of sp³-hybridized carbons (Fsp3) is 0.211. The molecule has 4 aromatic heterocycles. The number of ether oxygens (including phenoxy) is 1. The van der Waals surface area contributed by atoms with Crippen LogP contribution in [0.3, 0.4) is 0 Å². The van der Waals surface area contributed by atoms with Gasteiger partial charge in [0.1, 0.15) is 16.9 Å². The molecule has 4 rings (SSSR count). The van der Waals surface area contributed by atoms with Crippen molar-refractivity contribution in [1.82, 2.24) is 29.7 Å². The topological polar surface area (TPSA) is 121 Å². The maximum atomic E-state index is 12.6. The number of hydrogen-bond acceptors (Lipinski definition) is 6. The molecule has 0 fully saturated rings. The van der Waals surface area contributed by atoms with E-state index in [4.69, 9.17) is 10.00 Å². The highest BCUT2D eigenvalue weighted by Crippen LogP contribution is 2.22. The number of pyridine rings is 1. The fourth-order valence-corrected chi connectivity index (χ4v) is 3.02. The minimum atomic E-state index is -0.251. The van der Waals surface area contributed by atoms with Gasteiger partial charge in [0.05, 0.1) is 41.9 Å². The highest BCUT2D eigenvalue weighted by atomic mass is 16.5. The summed E-state index contributed by atoms with van der Waals surface area (Å²) in [5, 5.41) is 11.9. The lowest BCUT2D eigenvalue weighted by atomic mass is 10.2. The van der Waals surface area contributed by atoms with Gasteiger partial charge >= 0.3 is 0 Å². The van der Waals surface area contributed by atoms with Crippen molar-refractivity contribution in [3.63, 3.8) is 0 Å². The summed E-state index contributed by atoms with van der Waals surface area (Å²) >= 11 is 0. The normalized spacial score (nSPS) is 12.2. The van der Waals surface area contributed by atoms with Crippen LogP contribution in [0, 0.1) is 11.3 Å². The molecule has 2 N–H and O–H groups in total. The standard InChI is InChI=1S/C19H17N7O2/c1-11(10-28-2)24-19(27)13-7-22-18-17(13)25-14(8-23-18)15-9-21-16-5-12(6-20)3-4-26(15)16/h3-5,7-9,11H,10H2,1-2H3,(H,22,23)(H,24,27). The molecule has 1 atom stereocenters. The first-order chi connectivity index (χ1) is 13.6. The number of carbonyl (C=O) groups excluding carboxylic acids is 1. The van der Waals surface area contributed by atoms with Crippen LogP contribution in [-0.4, -0.2) is 50.0 Å². The second-order valence-electron chi connectivity index (χ2n) is 6.38. The second kappa shape index (κ2) is 7.09. The van der Waals surface area contributed by atoms with Gasteiger partial charge in [-0.1, -0.05) is 0 Å². The number of nitrogens with zero attached hydrogens (tertiary/aromatic N) is 5. The number of rotatable bonds is 5. The number of fused-ring (bicyclic) bond motifs is 2. The zero-order chi connectivity index (χ0) is 19.7. The highest BCUT2D eigenvalue weighted by molar-refractivity contribution is 6.04. The molecule has 0 saturated carbocycles. The van der Waals surface area contributed by atoms with Crippen molar-refractivity contribution in [1.29, 1.82) is 5.26 Å². The number of aromatic nitrogens is 5. The summed E-state index contributed by atoms with van der Waals surface area (Å²) in [6, 6.07) is 5.36. The number of aromatic amines is 1. The van der Waals surface area contributed by atoms with Gasteiger partial charge in [0.2, 0.25) is 0 Å². The van der Waals surface area contributed by atoms with E-state index in [0.717, 1.165) is 0 Å². The minimum Gasteiger partial charge on any atom is -0.383 e. The lowest BCUT2D eigenvalue weighted by molar-refractivity contribution is 0.0907. The summed E-state index contributed by atoms with van der Waals surface area (Å²) in [7, 11) is 1.58. The van der Waals surface area contributed by atoms with Crippen LogP contribution in [0.15, 0.2) is 36.9 Å². The van der Waals surface area contributed by atoms with Crippen LogP contribution in [0.1, 0.15) is 22.8 Å². The van der Waals surface area contributed by atoms with E-state index >= 15 is 0 Å². The Balaban J connectivity index is 1.74. The van der Waals surface area contributed by atoms with Crippen LogP contribution < -0.4 is 5.32 Å². The maximum absolute atomic E-state index is 12.6. The number of H-pyrrole nitrogens is 1. The first kappa shape index (κ1) is 17.6. The quantitative estimate of drug-likeness (QED) is 0.550. The molecule has 9 nitrogen and oxygen atoms in total.